The highest BCUT2D eigenvalue weighted by molar-refractivity contribution is 7.80. The minimum Gasteiger partial charge on any atom is -0.382 e. The van der Waals surface area contributed by atoms with Crippen molar-refractivity contribution in [2.45, 2.75) is 13.2 Å². The highest BCUT2D eigenvalue weighted by Gasteiger charge is 2.12. The SMILES string of the molecule is COCc1cc([N+](=O)[O-])ccc1N=Nc1cnn(Cc2ccc[n+](C)c2)c1N.COS(=O)(=O)O. The van der Waals surface area contributed by atoms with Crippen molar-refractivity contribution in [3.63, 3.8) is 0 Å². The van der Waals surface area contributed by atoms with Crippen LogP contribution < -0.4 is 10.3 Å². The molecule has 0 aliphatic carbocycles. The number of hydrogen-bond acceptors (Lipinski definition) is 10. The molecule has 0 aliphatic heterocycles. The molecular formula is C19H24N7O7S+. The number of pyridine rings is 1. The summed E-state index contributed by atoms with van der Waals surface area (Å²) in [6.45, 7) is 0.679. The van der Waals surface area contributed by atoms with Crippen LogP contribution in [0.5, 0.6) is 0 Å². The highest BCUT2D eigenvalue weighted by Crippen LogP contribution is 2.29. The molecule has 0 fully saturated rings. The number of benzene rings is 1. The van der Waals surface area contributed by atoms with Crippen LogP contribution in [0, 0.1) is 10.1 Å². The molecule has 1 aromatic carbocycles. The summed E-state index contributed by atoms with van der Waals surface area (Å²) in [4.78, 5) is 10.5. The Hall–Kier alpha value is -3.79. The molecule has 0 amide bonds. The Labute approximate surface area is 195 Å². The van der Waals surface area contributed by atoms with Gasteiger partial charge in [0.2, 0.25) is 0 Å². The third kappa shape index (κ3) is 7.96. The van der Waals surface area contributed by atoms with Crippen molar-refractivity contribution >= 4 is 33.3 Å². The van der Waals surface area contributed by atoms with Crippen LogP contribution in [0.1, 0.15) is 11.1 Å². The number of hydrogen-bond donors (Lipinski definition) is 2. The van der Waals surface area contributed by atoms with E-state index < -0.39 is 15.3 Å². The first kappa shape index (κ1) is 26.5. The van der Waals surface area contributed by atoms with Crippen molar-refractivity contribution in [3.8, 4) is 0 Å². The van der Waals surface area contributed by atoms with E-state index in [1.165, 1.54) is 31.5 Å². The number of aromatic nitrogens is 3. The molecule has 0 aliphatic rings. The molecule has 14 nitrogen and oxygen atoms in total. The van der Waals surface area contributed by atoms with E-state index in [0.29, 0.717) is 29.3 Å². The predicted molar refractivity (Wildman–Crippen MR) is 120 cm³/mol. The molecule has 0 radical (unpaired) electrons. The smallest absolute Gasteiger partial charge is 0.382 e. The second-order valence-corrected chi connectivity index (χ2v) is 7.94. The molecule has 15 heteroatoms. The van der Waals surface area contributed by atoms with Gasteiger partial charge in [0.15, 0.2) is 12.4 Å². The molecule has 0 spiro atoms. The summed E-state index contributed by atoms with van der Waals surface area (Å²) in [5.74, 6) is 0.380. The molecule has 0 bridgehead atoms. The van der Waals surface area contributed by atoms with Gasteiger partial charge in [0, 0.05) is 36.4 Å². The Morgan fingerprint density at radius 1 is 1.26 bits per heavy atom. The molecule has 182 valence electrons. The van der Waals surface area contributed by atoms with Crippen LogP contribution in [0.2, 0.25) is 0 Å². The maximum atomic E-state index is 10.9. The van der Waals surface area contributed by atoms with Crippen molar-refractivity contribution in [1.82, 2.24) is 9.78 Å². The highest BCUT2D eigenvalue weighted by atomic mass is 32.3. The second-order valence-electron chi connectivity index (χ2n) is 6.75. The van der Waals surface area contributed by atoms with Gasteiger partial charge >= 0.3 is 10.4 Å². The number of nitrogens with zero attached hydrogens (tertiary/aromatic N) is 6. The van der Waals surface area contributed by atoms with Gasteiger partial charge in [0.05, 0.1) is 37.1 Å². The summed E-state index contributed by atoms with van der Waals surface area (Å²) >= 11 is 0. The molecule has 34 heavy (non-hydrogen) atoms. The number of nitrogens with two attached hydrogens (primary N) is 1. The Balaban J connectivity index is 0.000000604. The van der Waals surface area contributed by atoms with Crippen molar-refractivity contribution in [1.29, 1.82) is 0 Å². The van der Waals surface area contributed by atoms with E-state index >= 15 is 0 Å². The number of ether oxygens (including phenoxy) is 1. The quantitative estimate of drug-likeness (QED) is 0.155. The van der Waals surface area contributed by atoms with Crippen LogP contribution in [-0.2, 0) is 39.5 Å². The zero-order chi connectivity index (χ0) is 25.3. The van der Waals surface area contributed by atoms with Gasteiger partial charge in [0.25, 0.3) is 5.69 Å². The lowest BCUT2D eigenvalue weighted by Gasteiger charge is -2.04. The summed E-state index contributed by atoms with van der Waals surface area (Å²) in [5.41, 5.74) is 8.59. The van der Waals surface area contributed by atoms with E-state index in [0.717, 1.165) is 12.7 Å². The van der Waals surface area contributed by atoms with E-state index in [4.69, 9.17) is 15.0 Å². The Kier molecular flexibility index (Phi) is 9.26. The number of nitrogen functional groups attached to an aromatic ring is 1. The lowest BCUT2D eigenvalue weighted by Crippen LogP contribution is -2.27. The fourth-order valence-corrected chi connectivity index (χ4v) is 2.67. The first-order valence-corrected chi connectivity index (χ1v) is 10.9. The standard InChI is InChI=1S/C18H20N7O3.CH4O4S/c1-23-7-3-4-13(10-23)11-24-18(19)17(9-20-24)22-21-16-6-5-15(25(26)27)8-14(16)12-28-2;1-5-6(2,3)4/h3-10H,11-12,19H2,1-2H3;1H3,(H,2,3,4)/q+1;. The van der Waals surface area contributed by atoms with E-state index in [1.54, 1.807) is 4.68 Å². The van der Waals surface area contributed by atoms with Gasteiger partial charge in [-0.15, -0.1) is 10.2 Å². The first-order valence-electron chi connectivity index (χ1n) is 9.50. The Morgan fingerprint density at radius 3 is 2.53 bits per heavy atom. The summed E-state index contributed by atoms with van der Waals surface area (Å²) in [6, 6.07) is 8.24. The lowest BCUT2D eigenvalue weighted by molar-refractivity contribution is -0.671. The number of nitro groups is 1. The average molecular weight is 495 g/mol. The molecule has 2 heterocycles. The maximum absolute atomic E-state index is 10.9. The predicted octanol–water partition coefficient (Wildman–Crippen LogP) is 2.24. The summed E-state index contributed by atoms with van der Waals surface area (Å²) in [5, 5.41) is 23.5. The number of rotatable bonds is 8. The third-order valence-corrected chi connectivity index (χ3v) is 4.66. The number of anilines is 1. The molecule has 0 unspecified atom stereocenters. The van der Waals surface area contributed by atoms with E-state index in [2.05, 4.69) is 19.5 Å². The third-order valence-electron chi connectivity index (χ3n) is 4.24. The fraction of sp³-hybridized carbons (Fsp3) is 0.263. The number of azo groups is 1. The van der Waals surface area contributed by atoms with Gasteiger partial charge in [0.1, 0.15) is 18.6 Å². The Morgan fingerprint density at radius 2 is 1.94 bits per heavy atom. The minimum absolute atomic E-state index is 0.0330. The number of methoxy groups -OCH3 is 1. The van der Waals surface area contributed by atoms with E-state index in [9.17, 15) is 18.5 Å². The topological polar surface area (TPSA) is 188 Å². The van der Waals surface area contributed by atoms with E-state index in [1.807, 2.05) is 36.1 Å². The van der Waals surface area contributed by atoms with Crippen LogP contribution in [0.3, 0.4) is 0 Å². The van der Waals surface area contributed by atoms with Crippen molar-refractivity contribution < 1.29 is 31.4 Å². The Bertz CT molecular complexity index is 1280. The zero-order valence-corrected chi connectivity index (χ0v) is 19.4. The van der Waals surface area contributed by atoms with E-state index in [-0.39, 0.29) is 12.3 Å². The van der Waals surface area contributed by atoms with Crippen LogP contribution in [0.4, 0.5) is 22.9 Å². The van der Waals surface area contributed by atoms with Gasteiger partial charge in [-0.1, -0.05) is 0 Å². The molecular weight excluding hydrogens is 470 g/mol. The second kappa shape index (κ2) is 11.9. The summed E-state index contributed by atoms with van der Waals surface area (Å²) < 4.78 is 38.4. The van der Waals surface area contributed by atoms with Crippen molar-refractivity contribution in [3.05, 3.63) is 70.2 Å². The first-order chi connectivity index (χ1) is 16.0. The molecule has 3 aromatic rings. The van der Waals surface area contributed by atoms with Crippen LogP contribution >= 0.6 is 0 Å². The van der Waals surface area contributed by atoms with Gasteiger partial charge in [-0.25, -0.2) is 9.25 Å². The van der Waals surface area contributed by atoms with Gasteiger partial charge in [-0.2, -0.15) is 13.5 Å². The summed E-state index contributed by atoms with van der Waals surface area (Å²) in [6.07, 6.45) is 5.46. The minimum atomic E-state index is -4.16. The monoisotopic (exact) mass is 494 g/mol. The molecule has 2 aromatic heterocycles. The maximum Gasteiger partial charge on any atom is 0.397 e. The number of aryl methyl sites for hydroxylation is 1. The fourth-order valence-electron chi connectivity index (χ4n) is 2.67. The number of non-ortho nitro benzene ring substituents is 1. The molecule has 3 rings (SSSR count). The van der Waals surface area contributed by atoms with Crippen LogP contribution in [0.15, 0.2) is 59.2 Å². The van der Waals surface area contributed by atoms with Gasteiger partial charge in [-0.05, 0) is 12.1 Å². The molecule has 3 N–H and O–H groups in total. The van der Waals surface area contributed by atoms with Gasteiger partial charge in [-0.3, -0.25) is 18.9 Å². The van der Waals surface area contributed by atoms with Crippen LogP contribution in [-0.4, -0.2) is 41.9 Å². The summed E-state index contributed by atoms with van der Waals surface area (Å²) in [7, 11) is 0.156. The normalized spacial score (nSPS) is 11.3. The lowest BCUT2D eigenvalue weighted by atomic mass is 10.1. The van der Waals surface area contributed by atoms with Crippen molar-refractivity contribution in [2.75, 3.05) is 20.0 Å². The average Bonchev–Trinajstić information content (AvgIpc) is 3.12. The molecule has 0 atom stereocenters. The molecule has 0 saturated heterocycles. The number of nitro benzene ring substituents is 1. The van der Waals surface area contributed by atoms with Crippen LogP contribution in [0.25, 0.3) is 0 Å². The zero-order valence-electron chi connectivity index (χ0n) is 18.6. The molecule has 0 saturated carbocycles. The van der Waals surface area contributed by atoms with Gasteiger partial charge < -0.3 is 10.5 Å². The largest absolute Gasteiger partial charge is 0.397 e. The van der Waals surface area contributed by atoms with Crippen molar-refractivity contribution in [2.24, 2.45) is 17.3 Å².